The minimum atomic E-state index is -0.536. The molecule has 0 unspecified atom stereocenters. The molecule has 0 atom stereocenters. The predicted octanol–water partition coefficient (Wildman–Crippen LogP) is 0.948. The predicted molar refractivity (Wildman–Crippen MR) is 53.4 cm³/mol. The van der Waals surface area contributed by atoms with E-state index in [1.807, 2.05) is 0 Å². The SMILES string of the molecule is COCCOC(=O)c1ccccc1[C]=O. The summed E-state index contributed by atoms with van der Waals surface area (Å²) in [6.07, 6.45) is 1.68. The summed E-state index contributed by atoms with van der Waals surface area (Å²) in [5.74, 6) is -0.536. The van der Waals surface area contributed by atoms with E-state index in [1.165, 1.54) is 19.2 Å². The van der Waals surface area contributed by atoms with Gasteiger partial charge in [-0.2, -0.15) is 0 Å². The largest absolute Gasteiger partial charge is 0.460 e. The van der Waals surface area contributed by atoms with Gasteiger partial charge in [0.15, 0.2) is 0 Å². The molecular formula is C11H11O4. The van der Waals surface area contributed by atoms with Crippen LogP contribution in [-0.2, 0) is 14.3 Å². The highest BCUT2D eigenvalue weighted by Gasteiger charge is 2.11. The Morgan fingerprint density at radius 2 is 2.07 bits per heavy atom. The molecule has 1 rings (SSSR count). The van der Waals surface area contributed by atoms with Crippen molar-refractivity contribution in [3.05, 3.63) is 35.4 Å². The lowest BCUT2D eigenvalue weighted by Gasteiger charge is -2.04. The van der Waals surface area contributed by atoms with Crippen LogP contribution in [0.5, 0.6) is 0 Å². The van der Waals surface area contributed by atoms with Gasteiger partial charge in [0.2, 0.25) is 6.29 Å². The van der Waals surface area contributed by atoms with E-state index in [2.05, 4.69) is 0 Å². The zero-order valence-electron chi connectivity index (χ0n) is 8.36. The van der Waals surface area contributed by atoms with Gasteiger partial charge in [-0.15, -0.1) is 0 Å². The number of rotatable bonds is 5. The second kappa shape index (κ2) is 5.93. The third-order valence-electron chi connectivity index (χ3n) is 1.78. The second-order valence-corrected chi connectivity index (χ2v) is 2.78. The first kappa shape index (κ1) is 11.4. The van der Waals surface area contributed by atoms with Crippen LogP contribution in [0.3, 0.4) is 0 Å². The summed E-state index contributed by atoms with van der Waals surface area (Å²) in [5.41, 5.74) is 0.434. The maximum Gasteiger partial charge on any atom is 0.338 e. The molecule has 1 radical (unpaired) electrons. The summed E-state index contributed by atoms with van der Waals surface area (Å²) in [6, 6.07) is 6.36. The van der Waals surface area contributed by atoms with E-state index in [-0.39, 0.29) is 17.7 Å². The number of esters is 1. The molecule has 0 aromatic heterocycles. The fraction of sp³-hybridized carbons (Fsp3) is 0.273. The van der Waals surface area contributed by atoms with Crippen molar-refractivity contribution >= 4 is 12.3 Å². The number of carbonyl (C=O) groups excluding carboxylic acids is 2. The van der Waals surface area contributed by atoms with Crippen LogP contribution in [0, 0.1) is 0 Å². The molecule has 79 valence electrons. The molecule has 0 amide bonds. The van der Waals surface area contributed by atoms with Gasteiger partial charge in [0.25, 0.3) is 0 Å². The van der Waals surface area contributed by atoms with Crippen LogP contribution in [0.1, 0.15) is 15.9 Å². The topological polar surface area (TPSA) is 52.6 Å². The quantitative estimate of drug-likeness (QED) is 0.532. The second-order valence-electron chi connectivity index (χ2n) is 2.78. The van der Waals surface area contributed by atoms with E-state index in [4.69, 9.17) is 9.47 Å². The van der Waals surface area contributed by atoms with E-state index < -0.39 is 5.97 Å². The van der Waals surface area contributed by atoms with Crippen LogP contribution in [0.4, 0.5) is 0 Å². The lowest BCUT2D eigenvalue weighted by Crippen LogP contribution is -2.11. The van der Waals surface area contributed by atoms with Crippen molar-refractivity contribution in [3.63, 3.8) is 0 Å². The molecule has 4 nitrogen and oxygen atoms in total. The van der Waals surface area contributed by atoms with Gasteiger partial charge >= 0.3 is 5.97 Å². The molecule has 4 heteroatoms. The van der Waals surface area contributed by atoms with Gasteiger partial charge < -0.3 is 9.47 Å². The molecule has 0 fully saturated rings. The first-order valence-electron chi connectivity index (χ1n) is 4.43. The lowest BCUT2D eigenvalue weighted by molar-refractivity contribution is 0.0388. The summed E-state index contributed by atoms with van der Waals surface area (Å²) in [6.45, 7) is 0.501. The molecule has 15 heavy (non-hydrogen) atoms. The Morgan fingerprint density at radius 1 is 1.33 bits per heavy atom. The van der Waals surface area contributed by atoms with Crippen molar-refractivity contribution in [1.82, 2.24) is 0 Å². The third-order valence-corrected chi connectivity index (χ3v) is 1.78. The van der Waals surface area contributed by atoms with Crippen molar-refractivity contribution in [1.29, 1.82) is 0 Å². The highest BCUT2D eigenvalue weighted by Crippen LogP contribution is 2.07. The van der Waals surface area contributed by atoms with Crippen LogP contribution in [-0.4, -0.2) is 32.6 Å². The molecule has 0 aliphatic heterocycles. The van der Waals surface area contributed by atoms with Crippen LogP contribution >= 0.6 is 0 Å². The summed E-state index contributed by atoms with van der Waals surface area (Å²) in [7, 11) is 1.51. The zero-order chi connectivity index (χ0) is 11.1. The minimum absolute atomic E-state index is 0.169. The Hall–Kier alpha value is -1.68. The van der Waals surface area contributed by atoms with Crippen molar-refractivity contribution in [2.45, 2.75) is 0 Å². The van der Waals surface area contributed by atoms with Gasteiger partial charge in [-0.05, 0) is 6.07 Å². The van der Waals surface area contributed by atoms with E-state index >= 15 is 0 Å². The number of ether oxygens (including phenoxy) is 2. The number of carbonyl (C=O) groups is 1. The van der Waals surface area contributed by atoms with Gasteiger partial charge in [0.1, 0.15) is 6.61 Å². The Balaban J connectivity index is 2.68. The number of hydrogen-bond donors (Lipinski definition) is 0. The van der Waals surface area contributed by atoms with E-state index in [1.54, 1.807) is 18.4 Å². The van der Waals surface area contributed by atoms with Gasteiger partial charge in [-0.25, -0.2) is 4.79 Å². The zero-order valence-corrected chi connectivity index (χ0v) is 8.36. The van der Waals surface area contributed by atoms with Crippen LogP contribution in [0.2, 0.25) is 0 Å². The number of methoxy groups -OCH3 is 1. The minimum Gasteiger partial charge on any atom is -0.460 e. The highest BCUT2D eigenvalue weighted by atomic mass is 16.6. The number of benzene rings is 1. The van der Waals surface area contributed by atoms with Crippen LogP contribution in [0.25, 0.3) is 0 Å². The maximum absolute atomic E-state index is 11.4. The normalized spacial score (nSPS) is 9.67. The maximum atomic E-state index is 11.4. The lowest BCUT2D eigenvalue weighted by atomic mass is 10.1. The average molecular weight is 207 g/mol. The number of hydrogen-bond acceptors (Lipinski definition) is 4. The molecule has 0 aliphatic carbocycles. The van der Waals surface area contributed by atoms with Crippen molar-refractivity contribution in [3.8, 4) is 0 Å². The first-order valence-corrected chi connectivity index (χ1v) is 4.43. The highest BCUT2D eigenvalue weighted by molar-refractivity contribution is 5.98. The van der Waals surface area contributed by atoms with Gasteiger partial charge in [0.05, 0.1) is 12.2 Å². The summed E-state index contributed by atoms with van der Waals surface area (Å²) in [5, 5.41) is 0. The standard InChI is InChI=1S/C11H11O4/c1-14-6-7-15-11(13)10-5-3-2-4-9(10)8-12/h2-5H,6-7H2,1H3. The van der Waals surface area contributed by atoms with Gasteiger partial charge in [0, 0.05) is 12.7 Å². The molecule has 0 heterocycles. The molecule has 0 N–H and O–H groups in total. The van der Waals surface area contributed by atoms with Crippen LogP contribution in [0.15, 0.2) is 24.3 Å². The van der Waals surface area contributed by atoms with E-state index in [0.29, 0.717) is 6.61 Å². The fourth-order valence-electron chi connectivity index (χ4n) is 1.05. The molecule has 1 aromatic carbocycles. The molecule has 0 bridgehead atoms. The Labute approximate surface area is 87.8 Å². The molecule has 0 saturated heterocycles. The Morgan fingerprint density at radius 3 is 2.73 bits per heavy atom. The van der Waals surface area contributed by atoms with Crippen molar-refractivity contribution in [2.75, 3.05) is 20.3 Å². The average Bonchev–Trinajstić information content (AvgIpc) is 2.29. The smallest absolute Gasteiger partial charge is 0.338 e. The van der Waals surface area contributed by atoms with Crippen molar-refractivity contribution < 1.29 is 19.1 Å². The third kappa shape index (κ3) is 3.18. The Bertz CT molecular complexity index is 346. The molecule has 1 aromatic rings. The van der Waals surface area contributed by atoms with Crippen LogP contribution < -0.4 is 0 Å². The molecule has 0 spiro atoms. The monoisotopic (exact) mass is 207 g/mol. The first-order chi connectivity index (χ1) is 7.29. The van der Waals surface area contributed by atoms with Crippen molar-refractivity contribution in [2.24, 2.45) is 0 Å². The molecular weight excluding hydrogens is 196 g/mol. The summed E-state index contributed by atoms with van der Waals surface area (Å²) >= 11 is 0. The van der Waals surface area contributed by atoms with E-state index in [0.717, 1.165) is 0 Å². The van der Waals surface area contributed by atoms with E-state index in [9.17, 15) is 9.59 Å². The molecule has 0 saturated carbocycles. The van der Waals surface area contributed by atoms with Gasteiger partial charge in [-0.3, -0.25) is 4.79 Å². The van der Waals surface area contributed by atoms with Gasteiger partial charge in [-0.1, -0.05) is 18.2 Å². The molecule has 0 aliphatic rings. The summed E-state index contributed by atoms with van der Waals surface area (Å²) in [4.78, 5) is 21.9. The fourth-order valence-corrected chi connectivity index (χ4v) is 1.05. The summed E-state index contributed by atoms with van der Waals surface area (Å²) < 4.78 is 9.60. The Kier molecular flexibility index (Phi) is 4.50.